The predicted octanol–water partition coefficient (Wildman–Crippen LogP) is 3.43. The molecule has 5 heteroatoms. The molecule has 2 aromatic rings. The summed E-state index contributed by atoms with van der Waals surface area (Å²) in [6.45, 7) is 3.81. The van der Waals surface area contributed by atoms with E-state index in [1.165, 1.54) is 11.3 Å². The van der Waals surface area contributed by atoms with Crippen LogP contribution < -0.4 is 5.32 Å². The van der Waals surface area contributed by atoms with Gasteiger partial charge in [0.2, 0.25) is 0 Å². The van der Waals surface area contributed by atoms with E-state index in [-0.39, 0.29) is 0 Å². The van der Waals surface area contributed by atoms with Gasteiger partial charge in [0.05, 0.1) is 22.5 Å². The first kappa shape index (κ1) is 13.6. The van der Waals surface area contributed by atoms with Crippen molar-refractivity contribution in [3.8, 4) is 0 Å². The van der Waals surface area contributed by atoms with Crippen LogP contribution in [0.25, 0.3) is 0 Å². The number of thiazole rings is 1. The lowest BCUT2D eigenvalue weighted by molar-refractivity contribution is 0.849. The topological polar surface area (TPSA) is 37.3 Å². The smallest absolute Gasteiger partial charge is 0.157 e. The molecule has 104 valence electrons. The average molecular weight is 303 g/mol. The molecule has 0 aliphatic carbocycles. The molecule has 1 aliphatic heterocycles. The molecule has 1 atom stereocenters. The number of rotatable bonds is 4. The molecular weight excluding hydrogens is 286 g/mol. The second-order valence-corrected chi connectivity index (χ2v) is 6.95. The fourth-order valence-electron chi connectivity index (χ4n) is 2.13. The van der Waals surface area contributed by atoms with Crippen LogP contribution in [0, 0.1) is 6.92 Å². The van der Waals surface area contributed by atoms with Gasteiger partial charge in [-0.15, -0.1) is 11.3 Å². The number of aromatic nitrogens is 1. The Kier molecular flexibility index (Phi) is 4.38. The van der Waals surface area contributed by atoms with Crippen LogP contribution in [0.1, 0.15) is 21.5 Å². The Morgan fingerprint density at radius 1 is 1.30 bits per heavy atom. The number of nitrogens with zero attached hydrogens (tertiary/aromatic N) is 2. The van der Waals surface area contributed by atoms with Gasteiger partial charge in [-0.3, -0.25) is 4.99 Å². The van der Waals surface area contributed by atoms with E-state index < -0.39 is 0 Å². The van der Waals surface area contributed by atoms with E-state index in [0.717, 1.165) is 29.7 Å². The van der Waals surface area contributed by atoms with E-state index in [1.54, 1.807) is 11.3 Å². The summed E-state index contributed by atoms with van der Waals surface area (Å²) in [7, 11) is 0. The van der Waals surface area contributed by atoms with E-state index >= 15 is 0 Å². The first-order valence-corrected chi connectivity index (χ1v) is 8.48. The van der Waals surface area contributed by atoms with Gasteiger partial charge in [0.15, 0.2) is 5.17 Å². The Bertz CT molecular complexity index is 592. The van der Waals surface area contributed by atoms with Crippen LogP contribution in [0.3, 0.4) is 0 Å². The fraction of sp³-hybridized carbons (Fsp3) is 0.333. The lowest BCUT2D eigenvalue weighted by Crippen LogP contribution is -2.21. The maximum atomic E-state index is 4.58. The molecule has 0 radical (unpaired) electrons. The number of aliphatic imine (C=N–C) groups is 1. The van der Waals surface area contributed by atoms with E-state index in [1.807, 2.05) is 18.7 Å². The van der Waals surface area contributed by atoms with Crippen LogP contribution in [-0.4, -0.2) is 23.2 Å². The number of thioether (sulfide) groups is 1. The Morgan fingerprint density at radius 2 is 2.15 bits per heavy atom. The molecule has 1 unspecified atom stereocenters. The first-order chi connectivity index (χ1) is 9.81. The maximum Gasteiger partial charge on any atom is 0.157 e. The molecule has 1 aromatic carbocycles. The highest BCUT2D eigenvalue weighted by molar-refractivity contribution is 8.14. The monoisotopic (exact) mass is 303 g/mol. The van der Waals surface area contributed by atoms with Gasteiger partial charge in [-0.1, -0.05) is 42.1 Å². The van der Waals surface area contributed by atoms with Crippen molar-refractivity contribution in [2.45, 2.75) is 18.6 Å². The van der Waals surface area contributed by atoms with Crippen LogP contribution >= 0.6 is 23.1 Å². The number of hydrogen-bond donors (Lipinski definition) is 1. The van der Waals surface area contributed by atoms with Crippen molar-refractivity contribution in [3.63, 3.8) is 0 Å². The van der Waals surface area contributed by atoms with Crippen molar-refractivity contribution in [2.24, 2.45) is 4.99 Å². The summed E-state index contributed by atoms with van der Waals surface area (Å²) in [6, 6.07) is 10.6. The number of aryl methyl sites for hydroxylation is 1. The molecule has 0 fully saturated rings. The van der Waals surface area contributed by atoms with Gasteiger partial charge in [0.25, 0.3) is 0 Å². The summed E-state index contributed by atoms with van der Waals surface area (Å²) >= 11 is 3.54. The van der Waals surface area contributed by atoms with Gasteiger partial charge in [0.1, 0.15) is 0 Å². The minimum atomic E-state index is 0.459. The molecule has 0 amide bonds. The van der Waals surface area contributed by atoms with Crippen LogP contribution in [0.15, 0.2) is 40.7 Å². The van der Waals surface area contributed by atoms with Crippen LogP contribution in [-0.2, 0) is 6.42 Å². The zero-order valence-electron chi connectivity index (χ0n) is 11.4. The maximum absolute atomic E-state index is 4.58. The molecule has 0 saturated carbocycles. The van der Waals surface area contributed by atoms with E-state index in [0.29, 0.717) is 5.25 Å². The van der Waals surface area contributed by atoms with Crippen molar-refractivity contribution in [3.05, 3.63) is 52.0 Å². The third-order valence-corrected chi connectivity index (χ3v) is 5.17. The largest absolute Gasteiger partial charge is 0.365 e. The molecule has 3 nitrogen and oxygen atoms in total. The van der Waals surface area contributed by atoms with E-state index in [4.69, 9.17) is 0 Å². The zero-order valence-corrected chi connectivity index (χ0v) is 13.0. The van der Waals surface area contributed by atoms with Crippen molar-refractivity contribution in [1.29, 1.82) is 0 Å². The first-order valence-electron chi connectivity index (χ1n) is 6.72. The zero-order chi connectivity index (χ0) is 13.8. The molecule has 1 N–H and O–H groups in total. The second-order valence-electron chi connectivity index (χ2n) is 4.70. The molecule has 0 bridgehead atoms. The molecule has 1 aliphatic rings. The molecule has 3 rings (SSSR count). The number of benzene rings is 1. The minimum absolute atomic E-state index is 0.459. The Labute approximate surface area is 127 Å². The van der Waals surface area contributed by atoms with Crippen LogP contribution in [0.4, 0.5) is 0 Å². The van der Waals surface area contributed by atoms with Gasteiger partial charge in [0, 0.05) is 18.3 Å². The molecule has 1 aromatic heterocycles. The summed E-state index contributed by atoms with van der Waals surface area (Å²) < 4.78 is 0. The molecule has 2 heterocycles. The predicted molar refractivity (Wildman–Crippen MR) is 87.6 cm³/mol. The molecular formula is C15H17N3S2. The van der Waals surface area contributed by atoms with Crippen LogP contribution in [0.2, 0.25) is 0 Å². The van der Waals surface area contributed by atoms with Crippen molar-refractivity contribution in [1.82, 2.24) is 10.3 Å². The highest BCUT2D eigenvalue weighted by atomic mass is 32.2. The number of nitrogens with one attached hydrogen (secondary N) is 1. The highest BCUT2D eigenvalue weighted by Crippen LogP contribution is 2.34. The third-order valence-electron chi connectivity index (χ3n) is 3.15. The quantitative estimate of drug-likeness (QED) is 0.940. The molecule has 0 spiro atoms. The van der Waals surface area contributed by atoms with Crippen molar-refractivity contribution < 1.29 is 0 Å². The fourth-order valence-corrected chi connectivity index (χ4v) is 3.83. The van der Waals surface area contributed by atoms with Gasteiger partial charge < -0.3 is 5.32 Å². The summed E-state index contributed by atoms with van der Waals surface area (Å²) in [5.41, 5.74) is 2.52. The summed E-state index contributed by atoms with van der Waals surface area (Å²) in [5, 5.41) is 8.20. The Hall–Kier alpha value is -1.33. The van der Waals surface area contributed by atoms with Crippen molar-refractivity contribution >= 4 is 28.3 Å². The van der Waals surface area contributed by atoms with E-state index in [2.05, 4.69) is 51.0 Å². The second kappa shape index (κ2) is 6.41. The van der Waals surface area contributed by atoms with E-state index in [9.17, 15) is 0 Å². The number of amidine groups is 1. The lowest BCUT2D eigenvalue weighted by Gasteiger charge is -2.09. The van der Waals surface area contributed by atoms with Crippen LogP contribution in [0.5, 0.6) is 0 Å². The summed E-state index contributed by atoms with van der Waals surface area (Å²) in [5.74, 6) is 0. The molecule has 20 heavy (non-hydrogen) atoms. The van der Waals surface area contributed by atoms with Gasteiger partial charge >= 0.3 is 0 Å². The van der Waals surface area contributed by atoms with Gasteiger partial charge in [-0.05, 0) is 12.5 Å². The van der Waals surface area contributed by atoms with Gasteiger partial charge in [-0.25, -0.2) is 4.98 Å². The Morgan fingerprint density at radius 3 is 2.90 bits per heavy atom. The minimum Gasteiger partial charge on any atom is -0.365 e. The number of hydrogen-bond acceptors (Lipinski definition) is 5. The van der Waals surface area contributed by atoms with Gasteiger partial charge in [-0.2, -0.15) is 0 Å². The Balaban J connectivity index is 1.46. The SMILES string of the molecule is Cc1nc(CCNC2=NCC(c3ccccc3)S2)cs1. The third kappa shape index (κ3) is 3.41. The molecule has 0 saturated heterocycles. The summed E-state index contributed by atoms with van der Waals surface area (Å²) in [6.07, 6.45) is 0.958. The standard InChI is InChI=1S/C15H17N3S2/c1-11-18-13(10-19-11)7-8-16-15-17-9-14(20-15)12-5-3-2-4-6-12/h2-6,10,14H,7-9H2,1H3,(H,16,17). The normalized spacial score (nSPS) is 18.1. The summed E-state index contributed by atoms with van der Waals surface area (Å²) in [4.78, 5) is 9.05. The highest BCUT2D eigenvalue weighted by Gasteiger charge is 2.20. The van der Waals surface area contributed by atoms with Crippen molar-refractivity contribution in [2.75, 3.05) is 13.1 Å². The lowest BCUT2D eigenvalue weighted by atomic mass is 10.1. The average Bonchev–Trinajstić information content (AvgIpc) is 3.09.